The third kappa shape index (κ3) is 3.37. The molecule has 0 saturated heterocycles. The van der Waals surface area contributed by atoms with Gasteiger partial charge in [-0.25, -0.2) is 4.57 Å². The first-order valence-electron chi connectivity index (χ1n) is 10.2. The highest BCUT2D eigenvalue weighted by molar-refractivity contribution is 5.78. The fourth-order valence-corrected chi connectivity index (χ4v) is 3.38. The molecule has 0 aliphatic heterocycles. The molecule has 0 N–H and O–H groups in total. The number of hydrogen-bond donors (Lipinski definition) is 0. The summed E-state index contributed by atoms with van der Waals surface area (Å²) in [6.45, 7) is 6.28. The van der Waals surface area contributed by atoms with Gasteiger partial charge in [-0.05, 0) is 59.1 Å². The lowest BCUT2D eigenvalue weighted by Crippen LogP contribution is -2.30. The number of pyridine rings is 1. The highest BCUT2D eigenvalue weighted by atomic mass is 14.9. The van der Waals surface area contributed by atoms with Gasteiger partial charge in [0.1, 0.15) is 7.05 Å². The van der Waals surface area contributed by atoms with Crippen molar-refractivity contribution in [3.05, 3.63) is 77.5 Å². The summed E-state index contributed by atoms with van der Waals surface area (Å²) in [4.78, 5) is 0. The molecule has 1 aromatic heterocycles. The molecule has 0 atom stereocenters. The normalized spacial score (nSPS) is 13.9. The first-order chi connectivity index (χ1) is 13.0. The second kappa shape index (κ2) is 6.48. The van der Waals surface area contributed by atoms with Gasteiger partial charge in [0.15, 0.2) is 6.20 Å². The van der Waals surface area contributed by atoms with E-state index in [9.17, 15) is 0 Å². The third-order valence-corrected chi connectivity index (χ3v) is 4.72. The van der Waals surface area contributed by atoms with Crippen LogP contribution in [0.15, 0.2) is 60.8 Å². The van der Waals surface area contributed by atoms with E-state index in [4.69, 9.17) is 4.11 Å². The minimum absolute atomic E-state index is 0.0922. The van der Waals surface area contributed by atoms with Crippen molar-refractivity contribution in [2.45, 2.75) is 40.0 Å². The number of aryl methyl sites for hydroxylation is 3. The van der Waals surface area contributed by atoms with Crippen molar-refractivity contribution >= 4 is 0 Å². The molecule has 0 aliphatic rings. The van der Waals surface area contributed by atoms with Crippen molar-refractivity contribution in [2.24, 2.45) is 7.05 Å². The molecule has 1 nitrogen and oxygen atoms in total. The fraction of sp³-hybridized carbons (Fsp3) is 0.292. The van der Waals surface area contributed by atoms with Gasteiger partial charge < -0.3 is 0 Å². The first-order valence-corrected chi connectivity index (χ1v) is 8.70. The van der Waals surface area contributed by atoms with Crippen LogP contribution in [0, 0.1) is 13.8 Å². The van der Waals surface area contributed by atoms with E-state index in [2.05, 4.69) is 43.5 Å². The van der Waals surface area contributed by atoms with E-state index in [-0.39, 0.29) is 5.41 Å². The molecule has 3 rings (SSSR count). The topological polar surface area (TPSA) is 3.88 Å². The van der Waals surface area contributed by atoms with Gasteiger partial charge in [-0.15, -0.1) is 0 Å². The minimum atomic E-state index is -2.18. The summed E-state index contributed by atoms with van der Waals surface area (Å²) in [5.74, 6) is 0. The van der Waals surface area contributed by atoms with Gasteiger partial charge in [0, 0.05) is 21.8 Å². The average molecular weight is 334 g/mol. The highest BCUT2D eigenvalue weighted by Gasteiger charge is 2.21. The smallest absolute Gasteiger partial charge is 0.201 e. The number of rotatable bonds is 2. The Kier molecular flexibility index (Phi) is 3.58. The van der Waals surface area contributed by atoms with Crippen LogP contribution in [0.2, 0.25) is 0 Å². The Morgan fingerprint density at radius 1 is 0.840 bits per heavy atom. The lowest BCUT2D eigenvalue weighted by atomic mass is 9.80. The Balaban J connectivity index is 2.38. The molecule has 0 aliphatic carbocycles. The van der Waals surface area contributed by atoms with Gasteiger partial charge in [-0.1, -0.05) is 51.1 Å². The predicted molar refractivity (Wildman–Crippen MR) is 107 cm³/mol. The minimum Gasteiger partial charge on any atom is -0.201 e. The van der Waals surface area contributed by atoms with Crippen LogP contribution in [0.25, 0.3) is 22.4 Å². The van der Waals surface area contributed by atoms with Gasteiger partial charge in [0.25, 0.3) is 0 Å². The highest BCUT2D eigenvalue weighted by Crippen LogP contribution is 2.37. The third-order valence-electron chi connectivity index (χ3n) is 4.72. The summed E-state index contributed by atoms with van der Waals surface area (Å²) < 4.78 is 26.5. The molecule has 0 unspecified atom stereocenters. The second-order valence-electron chi connectivity index (χ2n) is 7.71. The first kappa shape index (κ1) is 13.8. The van der Waals surface area contributed by atoms with Crippen LogP contribution in [-0.4, -0.2) is 0 Å². The summed E-state index contributed by atoms with van der Waals surface area (Å²) >= 11 is 0. The summed E-state index contributed by atoms with van der Waals surface area (Å²) in [5.41, 5.74) is 6.31. The van der Waals surface area contributed by atoms with Crippen LogP contribution in [0.5, 0.6) is 0 Å². The van der Waals surface area contributed by atoms with E-state index in [0.717, 1.165) is 33.5 Å². The van der Waals surface area contributed by atoms with Crippen LogP contribution >= 0.6 is 0 Å². The van der Waals surface area contributed by atoms with Crippen molar-refractivity contribution in [3.8, 4) is 22.4 Å². The summed E-state index contributed by atoms with van der Waals surface area (Å²) in [6.07, 6.45) is 2.01. The molecule has 25 heavy (non-hydrogen) atoms. The molecular weight excluding hydrogens is 302 g/mol. The Labute approximate surface area is 156 Å². The van der Waals surface area contributed by atoms with E-state index in [1.807, 2.05) is 56.6 Å². The van der Waals surface area contributed by atoms with Gasteiger partial charge in [0.2, 0.25) is 5.69 Å². The van der Waals surface area contributed by atoms with E-state index < -0.39 is 6.85 Å². The maximum Gasteiger partial charge on any atom is 0.212 e. The zero-order chi connectivity index (χ0) is 20.7. The molecule has 2 aromatic carbocycles. The van der Waals surface area contributed by atoms with Gasteiger partial charge in [-0.2, -0.15) is 0 Å². The molecular formula is C24H28N+. The van der Waals surface area contributed by atoms with Crippen LogP contribution in [0.4, 0.5) is 0 Å². The Bertz CT molecular complexity index is 1010. The zero-order valence-electron chi connectivity index (χ0n) is 18.7. The molecule has 1 heterocycles. The molecule has 1 heteroatoms. The molecule has 0 spiro atoms. The van der Waals surface area contributed by atoms with E-state index in [1.165, 1.54) is 0 Å². The van der Waals surface area contributed by atoms with Crippen molar-refractivity contribution < 1.29 is 8.68 Å². The van der Waals surface area contributed by atoms with E-state index >= 15 is 0 Å². The van der Waals surface area contributed by atoms with Gasteiger partial charge in [0.05, 0.1) is 0 Å². The van der Waals surface area contributed by atoms with E-state index in [1.54, 1.807) is 0 Å². The lowest BCUT2D eigenvalue weighted by Gasteiger charge is -2.24. The molecule has 128 valence electrons. The Morgan fingerprint density at radius 2 is 1.56 bits per heavy atom. The van der Waals surface area contributed by atoms with Crippen LogP contribution in [-0.2, 0) is 12.5 Å². The standard InChI is InChI=1S/C24H28N/c1-17-15-18(2)21(23-13-9-10-14-25(23)6)16-20(17)19-11-7-8-12-22(19)24(3,4)5/h7-16H,1-6H3/q+1/i1D3. The van der Waals surface area contributed by atoms with Crippen LogP contribution in [0.3, 0.4) is 0 Å². The van der Waals surface area contributed by atoms with Crippen molar-refractivity contribution in [2.75, 3.05) is 0 Å². The van der Waals surface area contributed by atoms with Gasteiger partial charge in [-0.3, -0.25) is 0 Å². The van der Waals surface area contributed by atoms with Crippen LogP contribution < -0.4 is 4.57 Å². The monoisotopic (exact) mass is 333 g/mol. The zero-order valence-corrected chi connectivity index (χ0v) is 15.7. The molecule has 0 saturated carbocycles. The molecule has 0 radical (unpaired) electrons. The maximum atomic E-state index is 8.13. The second-order valence-corrected chi connectivity index (χ2v) is 7.71. The fourth-order valence-electron chi connectivity index (χ4n) is 3.38. The molecule has 0 fully saturated rings. The largest absolute Gasteiger partial charge is 0.212 e. The number of aromatic nitrogens is 1. The summed E-state index contributed by atoms with van der Waals surface area (Å²) in [6, 6.07) is 18.1. The quantitative estimate of drug-likeness (QED) is 0.525. The predicted octanol–water partition coefficient (Wildman–Crippen LogP) is 5.76. The van der Waals surface area contributed by atoms with Crippen molar-refractivity contribution in [1.82, 2.24) is 0 Å². The molecule has 3 aromatic rings. The molecule has 0 bridgehead atoms. The Morgan fingerprint density at radius 3 is 2.24 bits per heavy atom. The molecule has 0 amide bonds. The summed E-state index contributed by atoms with van der Waals surface area (Å²) in [7, 11) is 2.01. The maximum absolute atomic E-state index is 8.13. The van der Waals surface area contributed by atoms with Crippen molar-refractivity contribution in [3.63, 3.8) is 0 Å². The SMILES string of the molecule is [2H]C([2H])([2H])c1cc(C)c(-c2cccc[n+]2C)cc1-c1ccccc1C(C)(C)C. The average Bonchev–Trinajstić information content (AvgIpc) is 2.61. The lowest BCUT2D eigenvalue weighted by molar-refractivity contribution is -0.660. The number of hydrogen-bond acceptors (Lipinski definition) is 0. The van der Waals surface area contributed by atoms with Crippen molar-refractivity contribution in [1.29, 1.82) is 0 Å². The number of nitrogens with zero attached hydrogens (tertiary/aromatic N) is 1. The summed E-state index contributed by atoms with van der Waals surface area (Å²) in [5, 5.41) is 0. The Hall–Kier alpha value is -2.41. The number of benzene rings is 2. The van der Waals surface area contributed by atoms with Gasteiger partial charge >= 0.3 is 0 Å². The van der Waals surface area contributed by atoms with E-state index in [0.29, 0.717) is 5.56 Å². The van der Waals surface area contributed by atoms with Crippen LogP contribution in [0.1, 0.15) is 41.6 Å².